The number of aromatic hydroxyl groups is 1. The lowest BCUT2D eigenvalue weighted by molar-refractivity contribution is 0.130. The highest BCUT2D eigenvalue weighted by Crippen LogP contribution is 2.33. The predicted octanol–water partition coefficient (Wildman–Crippen LogP) is 2.41. The van der Waals surface area contributed by atoms with Gasteiger partial charge in [-0.15, -0.1) is 0 Å². The molecule has 0 saturated heterocycles. The van der Waals surface area contributed by atoms with E-state index in [-0.39, 0.29) is 24.1 Å². The van der Waals surface area contributed by atoms with E-state index in [2.05, 4.69) is 10.6 Å². The molecular weight excluding hydrogens is 272 g/mol. The van der Waals surface area contributed by atoms with Crippen LogP contribution in [0.3, 0.4) is 0 Å². The molecule has 6 nitrogen and oxygen atoms in total. The van der Waals surface area contributed by atoms with Gasteiger partial charge in [-0.3, -0.25) is 5.32 Å². The van der Waals surface area contributed by atoms with Crippen LogP contribution in [0.15, 0.2) is 12.1 Å². The number of carbonyl (C=O) groups excluding carboxylic acids is 1. The van der Waals surface area contributed by atoms with Gasteiger partial charge >= 0.3 is 6.09 Å². The molecule has 0 aliphatic rings. The molecule has 0 heterocycles. The van der Waals surface area contributed by atoms with Crippen LogP contribution in [0.25, 0.3) is 0 Å². The summed E-state index contributed by atoms with van der Waals surface area (Å²) < 4.78 is 4.89. The molecule has 0 saturated carbocycles. The zero-order valence-corrected chi connectivity index (χ0v) is 11.5. The number of anilines is 2. The van der Waals surface area contributed by atoms with Crippen LogP contribution < -0.4 is 10.6 Å². The number of halogens is 1. The van der Waals surface area contributed by atoms with E-state index in [1.165, 1.54) is 12.1 Å². The summed E-state index contributed by atoms with van der Waals surface area (Å²) in [6.45, 7) is 3.68. The average Bonchev–Trinajstić information content (AvgIpc) is 2.30. The molecule has 0 unspecified atom stereocenters. The summed E-state index contributed by atoms with van der Waals surface area (Å²) in [4.78, 5) is 11.4. The van der Waals surface area contributed by atoms with Crippen molar-refractivity contribution >= 4 is 29.1 Å². The third-order valence-electron chi connectivity index (χ3n) is 2.09. The Morgan fingerprint density at radius 3 is 2.68 bits per heavy atom. The number of aliphatic hydroxyl groups is 1. The van der Waals surface area contributed by atoms with E-state index in [1.54, 1.807) is 13.8 Å². The molecule has 0 radical (unpaired) electrons. The molecule has 0 aliphatic carbocycles. The number of ether oxygens (including phenoxy) is 1. The first-order valence-electron chi connectivity index (χ1n) is 5.79. The number of phenolic OH excluding ortho intramolecular Hbond substituents is 1. The fraction of sp³-hybridized carbons (Fsp3) is 0.417. The number of benzene rings is 1. The third kappa shape index (κ3) is 4.84. The normalized spacial score (nSPS) is 10.4. The first-order valence-corrected chi connectivity index (χ1v) is 6.16. The number of phenols is 1. The number of carbonyl (C=O) groups is 1. The Kier molecular flexibility index (Phi) is 5.72. The van der Waals surface area contributed by atoms with Gasteiger partial charge in [-0.25, -0.2) is 4.79 Å². The lowest BCUT2D eigenvalue weighted by Gasteiger charge is -2.13. The number of aliphatic hydroxyl groups excluding tert-OH is 1. The van der Waals surface area contributed by atoms with Gasteiger partial charge in [-0.2, -0.15) is 0 Å². The highest BCUT2D eigenvalue weighted by atomic mass is 35.5. The van der Waals surface area contributed by atoms with E-state index in [9.17, 15) is 9.90 Å². The minimum Gasteiger partial charge on any atom is -0.506 e. The molecule has 1 amide bonds. The van der Waals surface area contributed by atoms with Crippen molar-refractivity contribution in [2.24, 2.45) is 0 Å². The molecule has 0 bridgehead atoms. The number of amides is 1. The maximum Gasteiger partial charge on any atom is 0.411 e. The molecule has 1 aromatic carbocycles. The summed E-state index contributed by atoms with van der Waals surface area (Å²) in [5.41, 5.74) is 0.626. The van der Waals surface area contributed by atoms with Crippen LogP contribution in [0.1, 0.15) is 13.8 Å². The van der Waals surface area contributed by atoms with E-state index in [0.29, 0.717) is 17.3 Å². The van der Waals surface area contributed by atoms with Gasteiger partial charge in [-0.1, -0.05) is 11.6 Å². The minimum atomic E-state index is -0.669. The topological polar surface area (TPSA) is 90.8 Å². The van der Waals surface area contributed by atoms with Crippen LogP contribution in [0.5, 0.6) is 5.75 Å². The molecule has 4 N–H and O–H groups in total. The molecule has 7 heteroatoms. The van der Waals surface area contributed by atoms with Crippen molar-refractivity contribution in [1.82, 2.24) is 0 Å². The smallest absolute Gasteiger partial charge is 0.411 e. The van der Waals surface area contributed by atoms with E-state index in [0.717, 1.165) is 0 Å². The first-order chi connectivity index (χ1) is 8.93. The highest BCUT2D eigenvalue weighted by molar-refractivity contribution is 6.33. The van der Waals surface area contributed by atoms with E-state index in [1.807, 2.05) is 0 Å². The zero-order chi connectivity index (χ0) is 14.4. The SMILES string of the molecule is CC(C)OC(=O)Nc1cc(Cl)c(NCCO)cc1O. The number of hydrogen-bond acceptors (Lipinski definition) is 5. The summed E-state index contributed by atoms with van der Waals surface area (Å²) in [6, 6.07) is 2.77. The van der Waals surface area contributed by atoms with Crippen LogP contribution in [-0.4, -0.2) is 35.6 Å². The maximum atomic E-state index is 11.4. The zero-order valence-electron chi connectivity index (χ0n) is 10.7. The van der Waals surface area contributed by atoms with Gasteiger partial charge in [0.1, 0.15) is 5.75 Å². The molecule has 0 spiro atoms. The Bertz CT molecular complexity index is 452. The van der Waals surface area contributed by atoms with Crippen molar-refractivity contribution in [3.05, 3.63) is 17.2 Å². The van der Waals surface area contributed by atoms with Crippen molar-refractivity contribution in [2.45, 2.75) is 20.0 Å². The molecule has 1 rings (SSSR count). The van der Waals surface area contributed by atoms with Gasteiger partial charge in [0.15, 0.2) is 0 Å². The van der Waals surface area contributed by atoms with Crippen LogP contribution in [-0.2, 0) is 4.74 Å². The van der Waals surface area contributed by atoms with Crippen LogP contribution >= 0.6 is 11.6 Å². The van der Waals surface area contributed by atoms with Crippen molar-refractivity contribution < 1.29 is 19.7 Å². The Hall–Kier alpha value is -1.66. The van der Waals surface area contributed by atoms with Crippen LogP contribution in [0.4, 0.5) is 16.2 Å². The van der Waals surface area contributed by atoms with E-state index in [4.69, 9.17) is 21.4 Å². The number of rotatable bonds is 5. The lowest BCUT2D eigenvalue weighted by atomic mass is 10.2. The Morgan fingerprint density at radius 2 is 2.11 bits per heavy atom. The monoisotopic (exact) mass is 288 g/mol. The minimum absolute atomic E-state index is 0.0577. The molecule has 1 aromatic rings. The molecule has 19 heavy (non-hydrogen) atoms. The van der Waals surface area contributed by atoms with Gasteiger partial charge < -0.3 is 20.3 Å². The first kappa shape index (κ1) is 15.4. The number of nitrogens with one attached hydrogen (secondary N) is 2. The summed E-state index contributed by atoms with van der Waals surface area (Å²) in [7, 11) is 0. The quantitative estimate of drug-likeness (QED) is 0.625. The van der Waals surface area contributed by atoms with E-state index < -0.39 is 6.09 Å². The fourth-order valence-corrected chi connectivity index (χ4v) is 1.57. The fourth-order valence-electron chi connectivity index (χ4n) is 1.34. The second-order valence-electron chi connectivity index (χ2n) is 4.08. The third-order valence-corrected chi connectivity index (χ3v) is 2.40. The number of hydrogen-bond donors (Lipinski definition) is 4. The van der Waals surface area contributed by atoms with Crippen molar-refractivity contribution in [3.63, 3.8) is 0 Å². The highest BCUT2D eigenvalue weighted by Gasteiger charge is 2.12. The lowest BCUT2D eigenvalue weighted by Crippen LogP contribution is -2.18. The van der Waals surface area contributed by atoms with Gasteiger partial charge in [-0.05, 0) is 19.9 Å². The van der Waals surface area contributed by atoms with Crippen molar-refractivity contribution in [3.8, 4) is 5.75 Å². The molecule has 0 aromatic heterocycles. The Balaban J connectivity index is 2.80. The summed E-state index contributed by atoms with van der Waals surface area (Å²) >= 11 is 5.98. The standard InChI is InChI=1S/C12H17ClN2O4/c1-7(2)19-12(18)15-10-5-8(13)9(6-11(10)17)14-3-4-16/h5-7,14,16-17H,3-4H2,1-2H3,(H,15,18). The second kappa shape index (κ2) is 7.06. The summed E-state index contributed by atoms with van der Waals surface area (Å²) in [5, 5.41) is 24.0. The largest absolute Gasteiger partial charge is 0.506 e. The Morgan fingerprint density at radius 1 is 1.42 bits per heavy atom. The molecule has 0 atom stereocenters. The molecule has 0 fully saturated rings. The second-order valence-corrected chi connectivity index (χ2v) is 4.49. The van der Waals surface area contributed by atoms with Gasteiger partial charge in [0, 0.05) is 12.6 Å². The summed E-state index contributed by atoms with van der Waals surface area (Å²) in [6.07, 6.45) is -0.930. The van der Waals surface area contributed by atoms with Gasteiger partial charge in [0.05, 0.1) is 29.1 Å². The summed E-state index contributed by atoms with van der Waals surface area (Å²) in [5.74, 6) is -0.148. The van der Waals surface area contributed by atoms with E-state index >= 15 is 0 Å². The predicted molar refractivity (Wildman–Crippen MR) is 73.9 cm³/mol. The van der Waals surface area contributed by atoms with Crippen molar-refractivity contribution in [2.75, 3.05) is 23.8 Å². The Labute approximate surface area is 116 Å². The van der Waals surface area contributed by atoms with Crippen LogP contribution in [0, 0.1) is 0 Å². The van der Waals surface area contributed by atoms with Gasteiger partial charge in [0.25, 0.3) is 0 Å². The van der Waals surface area contributed by atoms with Gasteiger partial charge in [0.2, 0.25) is 0 Å². The van der Waals surface area contributed by atoms with Crippen molar-refractivity contribution in [1.29, 1.82) is 0 Å². The average molecular weight is 289 g/mol. The maximum absolute atomic E-state index is 11.4. The molecular formula is C12H17ClN2O4. The molecule has 0 aliphatic heterocycles. The van der Waals surface area contributed by atoms with Crippen LogP contribution in [0.2, 0.25) is 5.02 Å². The molecule has 106 valence electrons.